The number of Topliss-reactive ketones (excluding diaryl/α,β-unsaturated/α-hetero) is 1. The summed E-state index contributed by atoms with van der Waals surface area (Å²) in [6, 6.07) is 33.8. The van der Waals surface area contributed by atoms with Gasteiger partial charge in [-0.25, -0.2) is 4.79 Å². The summed E-state index contributed by atoms with van der Waals surface area (Å²) in [7, 11) is 0. The molecule has 0 heterocycles. The molecular formula is C38H34N2O5. The monoisotopic (exact) mass is 598 g/mol. The van der Waals surface area contributed by atoms with Crippen LogP contribution in [0.15, 0.2) is 127 Å². The molecule has 5 aromatic carbocycles. The van der Waals surface area contributed by atoms with E-state index in [-0.39, 0.29) is 18.0 Å². The fourth-order valence-electron chi connectivity index (χ4n) is 5.13. The lowest BCUT2D eigenvalue weighted by molar-refractivity contribution is -0.137. The summed E-state index contributed by atoms with van der Waals surface area (Å²) in [4.78, 5) is 38.3. The van der Waals surface area contributed by atoms with Crippen molar-refractivity contribution in [2.45, 2.75) is 19.4 Å². The van der Waals surface area contributed by atoms with Crippen LogP contribution in [0.2, 0.25) is 0 Å². The summed E-state index contributed by atoms with van der Waals surface area (Å²) in [5.74, 6) is -0.679. The number of fused-ring (bicyclic) bond motifs is 1. The third-order valence-electron chi connectivity index (χ3n) is 7.43. The van der Waals surface area contributed by atoms with E-state index in [1.807, 2.05) is 54.6 Å². The van der Waals surface area contributed by atoms with Gasteiger partial charge < -0.3 is 20.5 Å². The first kappa shape index (κ1) is 30.8. The first-order valence-corrected chi connectivity index (χ1v) is 14.7. The molecule has 0 aliphatic rings. The lowest BCUT2D eigenvalue weighted by Crippen LogP contribution is -2.32. The van der Waals surface area contributed by atoms with Gasteiger partial charge in [-0.1, -0.05) is 91.5 Å². The van der Waals surface area contributed by atoms with Gasteiger partial charge in [-0.3, -0.25) is 9.59 Å². The number of ketones is 2. The molecule has 1 unspecified atom stereocenters. The number of benzene rings is 5. The van der Waals surface area contributed by atoms with E-state index >= 15 is 0 Å². The van der Waals surface area contributed by atoms with Crippen molar-refractivity contribution in [3.8, 4) is 5.75 Å². The highest BCUT2D eigenvalue weighted by Crippen LogP contribution is 2.28. The second-order valence-corrected chi connectivity index (χ2v) is 10.7. The van der Waals surface area contributed by atoms with E-state index in [4.69, 9.17) is 4.74 Å². The van der Waals surface area contributed by atoms with Crippen molar-refractivity contribution in [1.29, 1.82) is 0 Å². The van der Waals surface area contributed by atoms with Crippen LogP contribution in [0.3, 0.4) is 0 Å². The van der Waals surface area contributed by atoms with Crippen LogP contribution in [0.25, 0.3) is 10.8 Å². The van der Waals surface area contributed by atoms with Crippen LogP contribution in [0.1, 0.15) is 38.8 Å². The SMILES string of the molecule is C=C(C)C(=O)c1c(NCCOc2ccc(CC(Nc3ccccc3C(=O)c3ccccc3)C(=O)O)cc2)ccc2ccccc12. The molecule has 0 amide bonds. The number of hydrogen-bond acceptors (Lipinski definition) is 6. The number of rotatable bonds is 14. The van der Waals surface area contributed by atoms with Crippen molar-refractivity contribution in [3.63, 3.8) is 0 Å². The van der Waals surface area contributed by atoms with Gasteiger partial charge in [-0.05, 0) is 59.2 Å². The molecule has 0 saturated carbocycles. The van der Waals surface area contributed by atoms with Crippen molar-refractivity contribution >= 4 is 39.7 Å². The van der Waals surface area contributed by atoms with E-state index in [9.17, 15) is 19.5 Å². The number of hydrogen-bond donors (Lipinski definition) is 3. The molecule has 0 aliphatic carbocycles. The molecule has 3 N–H and O–H groups in total. The standard InChI is InChI=1S/C38H34N2O5/c1-25(2)36(41)35-30-13-7-6-10-27(30)18-21-33(35)39-22-23-45-29-19-16-26(17-20-29)24-34(38(43)44)40-32-15-9-8-14-31(32)37(42)28-11-4-3-5-12-28/h3-21,34,39-40H,1,22-24H2,2H3,(H,43,44). The Balaban J connectivity index is 1.20. The van der Waals surface area contributed by atoms with Crippen LogP contribution in [0.4, 0.5) is 11.4 Å². The van der Waals surface area contributed by atoms with E-state index in [0.29, 0.717) is 46.9 Å². The number of para-hydroxylation sites is 1. The lowest BCUT2D eigenvalue weighted by Gasteiger charge is -2.18. The molecule has 0 aliphatic heterocycles. The van der Waals surface area contributed by atoms with Crippen LogP contribution in [0.5, 0.6) is 5.75 Å². The molecule has 0 radical (unpaired) electrons. The molecule has 7 heteroatoms. The maximum atomic E-state index is 13.1. The van der Waals surface area contributed by atoms with E-state index in [1.165, 1.54) is 0 Å². The Hall–Kier alpha value is -5.69. The number of carbonyl (C=O) groups excluding carboxylic acids is 2. The minimum Gasteiger partial charge on any atom is -0.492 e. The number of anilines is 2. The Morgan fingerprint density at radius 3 is 2.22 bits per heavy atom. The average Bonchev–Trinajstić information content (AvgIpc) is 3.06. The molecule has 0 aromatic heterocycles. The van der Waals surface area contributed by atoms with Gasteiger partial charge in [0.15, 0.2) is 11.6 Å². The Labute approximate surface area is 262 Å². The molecule has 0 spiro atoms. The predicted molar refractivity (Wildman–Crippen MR) is 179 cm³/mol. The van der Waals surface area contributed by atoms with Crippen LogP contribution in [0, 0.1) is 0 Å². The number of aliphatic carboxylic acids is 1. The van der Waals surface area contributed by atoms with Gasteiger partial charge in [0.05, 0.1) is 5.56 Å². The van der Waals surface area contributed by atoms with Gasteiger partial charge in [0.1, 0.15) is 18.4 Å². The van der Waals surface area contributed by atoms with Crippen LogP contribution in [-0.4, -0.2) is 41.8 Å². The van der Waals surface area contributed by atoms with E-state index in [1.54, 1.807) is 67.6 Å². The molecule has 0 saturated heterocycles. The molecule has 0 bridgehead atoms. The smallest absolute Gasteiger partial charge is 0.326 e. The zero-order valence-electron chi connectivity index (χ0n) is 25.0. The lowest BCUT2D eigenvalue weighted by atomic mass is 9.96. The minimum absolute atomic E-state index is 0.105. The highest BCUT2D eigenvalue weighted by molar-refractivity contribution is 6.19. The minimum atomic E-state index is -1.03. The average molecular weight is 599 g/mol. The van der Waals surface area contributed by atoms with E-state index in [2.05, 4.69) is 17.2 Å². The Bertz CT molecular complexity index is 1850. The van der Waals surface area contributed by atoms with Gasteiger partial charge >= 0.3 is 5.97 Å². The number of carbonyl (C=O) groups is 3. The zero-order chi connectivity index (χ0) is 31.8. The molecule has 5 aromatic rings. The summed E-state index contributed by atoms with van der Waals surface area (Å²) in [6.07, 6.45) is 0.201. The molecule has 226 valence electrons. The Morgan fingerprint density at radius 1 is 0.800 bits per heavy atom. The third kappa shape index (κ3) is 7.46. The fraction of sp³-hybridized carbons (Fsp3) is 0.132. The maximum absolute atomic E-state index is 13.1. The van der Waals surface area contributed by atoms with Crippen molar-refractivity contribution in [1.82, 2.24) is 0 Å². The van der Waals surface area contributed by atoms with Crippen LogP contribution in [-0.2, 0) is 11.2 Å². The van der Waals surface area contributed by atoms with Gasteiger partial charge in [0.25, 0.3) is 0 Å². The van der Waals surface area contributed by atoms with Gasteiger partial charge in [0.2, 0.25) is 0 Å². The number of carboxylic acid groups (broad SMARTS) is 1. The van der Waals surface area contributed by atoms with Gasteiger partial charge in [-0.15, -0.1) is 0 Å². The first-order valence-electron chi connectivity index (χ1n) is 14.7. The zero-order valence-corrected chi connectivity index (χ0v) is 25.0. The van der Waals surface area contributed by atoms with E-state index in [0.717, 1.165) is 22.0 Å². The quantitative estimate of drug-likeness (QED) is 0.0694. The number of ether oxygens (including phenoxy) is 1. The van der Waals surface area contributed by atoms with Crippen molar-refractivity contribution < 1.29 is 24.2 Å². The number of carboxylic acids is 1. The Morgan fingerprint density at radius 2 is 1.49 bits per heavy atom. The second kappa shape index (κ2) is 14.2. The fourth-order valence-corrected chi connectivity index (χ4v) is 5.13. The van der Waals surface area contributed by atoms with Gasteiger partial charge in [0, 0.05) is 35.5 Å². The summed E-state index contributed by atoms with van der Waals surface area (Å²) in [5, 5.41) is 18.2. The van der Waals surface area contributed by atoms with Crippen molar-refractivity contribution in [2.24, 2.45) is 0 Å². The van der Waals surface area contributed by atoms with Gasteiger partial charge in [-0.2, -0.15) is 0 Å². The number of nitrogens with one attached hydrogen (secondary N) is 2. The van der Waals surface area contributed by atoms with E-state index < -0.39 is 12.0 Å². The predicted octanol–water partition coefficient (Wildman–Crippen LogP) is 7.43. The van der Waals surface area contributed by atoms with Crippen molar-refractivity contribution in [2.75, 3.05) is 23.8 Å². The maximum Gasteiger partial charge on any atom is 0.326 e. The highest BCUT2D eigenvalue weighted by atomic mass is 16.5. The summed E-state index contributed by atoms with van der Waals surface area (Å²) in [6.45, 7) is 6.36. The molecule has 7 nitrogen and oxygen atoms in total. The third-order valence-corrected chi connectivity index (χ3v) is 7.43. The normalized spacial score (nSPS) is 11.4. The van der Waals surface area contributed by atoms with Crippen molar-refractivity contribution in [3.05, 3.63) is 150 Å². The Kier molecular flexibility index (Phi) is 9.70. The van der Waals surface area contributed by atoms with Crippen LogP contribution >= 0.6 is 0 Å². The first-order chi connectivity index (χ1) is 21.8. The molecule has 5 rings (SSSR count). The topological polar surface area (TPSA) is 105 Å². The largest absolute Gasteiger partial charge is 0.492 e. The van der Waals surface area contributed by atoms with Crippen LogP contribution < -0.4 is 15.4 Å². The molecule has 45 heavy (non-hydrogen) atoms. The summed E-state index contributed by atoms with van der Waals surface area (Å²) < 4.78 is 5.92. The molecule has 1 atom stereocenters. The molecular weight excluding hydrogens is 564 g/mol. The second-order valence-electron chi connectivity index (χ2n) is 10.7. The summed E-state index contributed by atoms with van der Waals surface area (Å²) >= 11 is 0. The molecule has 0 fully saturated rings. The highest BCUT2D eigenvalue weighted by Gasteiger charge is 2.21. The summed E-state index contributed by atoms with van der Waals surface area (Å²) in [5.41, 5.74) is 3.99. The number of allylic oxidation sites excluding steroid dienone is 1.